The van der Waals surface area contributed by atoms with Crippen molar-refractivity contribution in [3.8, 4) is 0 Å². The standard InChI is InChI=1S/C28H31N5O3S2.ClH/c1-20-17-21(2)26-25(18-20)30-28(37-26)33-15-13-32(14-16-33)12-11-29-27(34)22-7-6-8-23(19-22)31-38(35,36)24-9-4-3-5-10-24;/h3-10,17-19,31H,11-16H2,1-2H3,(H,29,34);1H. The van der Waals surface area contributed by atoms with Crippen LogP contribution in [0.3, 0.4) is 0 Å². The second-order valence-corrected chi connectivity index (χ2v) is 12.2. The minimum Gasteiger partial charge on any atom is -0.351 e. The Hall–Kier alpha value is -3.18. The molecule has 5 rings (SSSR count). The molecule has 4 aromatic rings. The number of aryl methyl sites for hydroxylation is 2. The first-order valence-electron chi connectivity index (χ1n) is 12.6. The van der Waals surface area contributed by atoms with Gasteiger partial charge in [0, 0.05) is 50.5 Å². The Labute approximate surface area is 239 Å². The fourth-order valence-electron chi connectivity index (χ4n) is 4.63. The van der Waals surface area contributed by atoms with Crippen LogP contribution in [0.4, 0.5) is 10.8 Å². The average Bonchev–Trinajstić information content (AvgIpc) is 3.34. The number of aromatic nitrogens is 1. The van der Waals surface area contributed by atoms with Gasteiger partial charge in [-0.2, -0.15) is 0 Å². The number of thiazole rings is 1. The molecule has 0 radical (unpaired) electrons. The first kappa shape index (κ1) is 28.8. The van der Waals surface area contributed by atoms with Gasteiger partial charge in [0.25, 0.3) is 15.9 Å². The van der Waals surface area contributed by atoms with Crippen molar-refractivity contribution in [2.45, 2.75) is 18.7 Å². The molecule has 39 heavy (non-hydrogen) atoms. The third-order valence-corrected chi connectivity index (χ3v) is 9.26. The highest BCUT2D eigenvalue weighted by Gasteiger charge is 2.20. The van der Waals surface area contributed by atoms with Gasteiger partial charge in [0.2, 0.25) is 0 Å². The van der Waals surface area contributed by atoms with Gasteiger partial charge in [-0.3, -0.25) is 14.4 Å². The molecule has 1 aliphatic heterocycles. The summed E-state index contributed by atoms with van der Waals surface area (Å²) in [6, 6.07) is 19.0. The third kappa shape index (κ3) is 6.88. The molecular formula is C28H32ClN5O3S2. The molecule has 0 unspecified atom stereocenters. The first-order valence-corrected chi connectivity index (χ1v) is 14.9. The smallest absolute Gasteiger partial charge is 0.261 e. The van der Waals surface area contributed by atoms with Crippen molar-refractivity contribution in [1.29, 1.82) is 0 Å². The maximum Gasteiger partial charge on any atom is 0.261 e. The predicted octanol–water partition coefficient (Wildman–Crippen LogP) is 4.69. The van der Waals surface area contributed by atoms with E-state index in [0.29, 0.717) is 17.8 Å². The summed E-state index contributed by atoms with van der Waals surface area (Å²) in [5.74, 6) is -0.232. The van der Waals surface area contributed by atoms with Crippen molar-refractivity contribution in [2.24, 2.45) is 0 Å². The molecule has 0 spiro atoms. The van der Waals surface area contributed by atoms with E-state index < -0.39 is 10.0 Å². The highest BCUT2D eigenvalue weighted by molar-refractivity contribution is 7.92. The molecular weight excluding hydrogens is 554 g/mol. The Bertz CT molecular complexity index is 1550. The van der Waals surface area contributed by atoms with Gasteiger partial charge < -0.3 is 10.2 Å². The van der Waals surface area contributed by atoms with Crippen molar-refractivity contribution in [1.82, 2.24) is 15.2 Å². The normalized spacial score (nSPS) is 14.2. The van der Waals surface area contributed by atoms with Crippen LogP contribution in [0.2, 0.25) is 0 Å². The number of halogens is 1. The first-order chi connectivity index (χ1) is 18.3. The summed E-state index contributed by atoms with van der Waals surface area (Å²) in [7, 11) is -3.72. The topological polar surface area (TPSA) is 94.6 Å². The van der Waals surface area contributed by atoms with Crippen molar-refractivity contribution in [3.05, 3.63) is 83.4 Å². The summed E-state index contributed by atoms with van der Waals surface area (Å²) in [6.07, 6.45) is 0. The van der Waals surface area contributed by atoms with Crippen molar-refractivity contribution < 1.29 is 13.2 Å². The van der Waals surface area contributed by atoms with E-state index in [-0.39, 0.29) is 23.2 Å². The number of nitrogens with one attached hydrogen (secondary N) is 2. The Balaban J connectivity index is 0.00000353. The van der Waals surface area contributed by atoms with Crippen LogP contribution in [-0.4, -0.2) is 63.5 Å². The van der Waals surface area contributed by atoms with Gasteiger partial charge in [0.05, 0.1) is 15.1 Å². The molecule has 0 bridgehead atoms. The van der Waals surface area contributed by atoms with E-state index in [2.05, 4.69) is 45.8 Å². The molecule has 2 N–H and O–H groups in total. The molecule has 0 aliphatic carbocycles. The molecule has 1 fully saturated rings. The number of nitrogens with zero attached hydrogens (tertiary/aromatic N) is 3. The lowest BCUT2D eigenvalue weighted by atomic mass is 10.1. The van der Waals surface area contributed by atoms with Crippen molar-refractivity contribution >= 4 is 60.7 Å². The van der Waals surface area contributed by atoms with E-state index >= 15 is 0 Å². The Kier molecular flexibility index (Phi) is 9.12. The quantitative estimate of drug-likeness (QED) is 0.312. The van der Waals surface area contributed by atoms with Gasteiger partial charge in [-0.1, -0.05) is 41.7 Å². The summed E-state index contributed by atoms with van der Waals surface area (Å²) in [5, 5.41) is 4.03. The molecule has 1 amide bonds. The van der Waals surface area contributed by atoms with Crippen LogP contribution >= 0.6 is 23.7 Å². The van der Waals surface area contributed by atoms with Crippen molar-refractivity contribution in [2.75, 3.05) is 48.9 Å². The van der Waals surface area contributed by atoms with E-state index in [1.54, 1.807) is 53.8 Å². The number of carbonyl (C=O) groups excluding carboxylic acids is 1. The lowest BCUT2D eigenvalue weighted by Gasteiger charge is -2.34. The molecule has 3 aromatic carbocycles. The zero-order valence-corrected chi connectivity index (χ0v) is 24.3. The lowest BCUT2D eigenvalue weighted by Crippen LogP contribution is -2.48. The lowest BCUT2D eigenvalue weighted by molar-refractivity contribution is 0.0948. The molecule has 1 aromatic heterocycles. The van der Waals surface area contributed by atoms with Gasteiger partial charge in [0.1, 0.15) is 0 Å². The Morgan fingerprint density at radius 2 is 1.72 bits per heavy atom. The highest BCUT2D eigenvalue weighted by Crippen LogP contribution is 2.32. The van der Waals surface area contributed by atoms with Gasteiger partial charge in [-0.05, 0) is 61.4 Å². The number of amides is 1. The monoisotopic (exact) mass is 585 g/mol. The number of rotatable bonds is 8. The second-order valence-electron chi connectivity index (χ2n) is 9.51. The largest absolute Gasteiger partial charge is 0.351 e. The maximum absolute atomic E-state index is 12.7. The molecule has 206 valence electrons. The molecule has 8 nitrogen and oxygen atoms in total. The summed E-state index contributed by atoms with van der Waals surface area (Å²) in [5.41, 5.74) is 4.34. The third-order valence-electron chi connectivity index (χ3n) is 6.60. The van der Waals surface area contributed by atoms with Crippen LogP contribution in [0.15, 0.2) is 71.6 Å². The van der Waals surface area contributed by atoms with Crippen LogP contribution < -0.4 is 14.9 Å². The molecule has 1 saturated heterocycles. The predicted molar refractivity (Wildman–Crippen MR) is 161 cm³/mol. The number of piperazine rings is 1. The van der Waals surface area contributed by atoms with Gasteiger partial charge >= 0.3 is 0 Å². The number of benzene rings is 3. The van der Waals surface area contributed by atoms with E-state index in [4.69, 9.17) is 4.98 Å². The molecule has 0 atom stereocenters. The number of hydrogen-bond donors (Lipinski definition) is 2. The van der Waals surface area contributed by atoms with Crippen LogP contribution in [0.25, 0.3) is 10.2 Å². The van der Waals surface area contributed by atoms with E-state index in [1.807, 2.05) is 0 Å². The summed E-state index contributed by atoms with van der Waals surface area (Å²) >= 11 is 1.76. The molecule has 2 heterocycles. The van der Waals surface area contributed by atoms with Crippen LogP contribution in [0.5, 0.6) is 0 Å². The number of fused-ring (bicyclic) bond motifs is 1. The number of sulfonamides is 1. The highest BCUT2D eigenvalue weighted by atomic mass is 35.5. The van der Waals surface area contributed by atoms with Crippen LogP contribution in [-0.2, 0) is 10.0 Å². The van der Waals surface area contributed by atoms with Gasteiger partial charge in [-0.25, -0.2) is 13.4 Å². The Morgan fingerprint density at radius 3 is 2.46 bits per heavy atom. The Morgan fingerprint density at radius 1 is 0.974 bits per heavy atom. The zero-order chi connectivity index (χ0) is 26.7. The van der Waals surface area contributed by atoms with E-state index in [9.17, 15) is 13.2 Å². The fraction of sp³-hybridized carbons (Fsp3) is 0.286. The second kappa shape index (κ2) is 12.3. The van der Waals surface area contributed by atoms with E-state index in [1.165, 1.54) is 28.0 Å². The number of carbonyl (C=O) groups is 1. The summed E-state index contributed by atoms with van der Waals surface area (Å²) < 4.78 is 29.0. The maximum atomic E-state index is 12.7. The van der Waals surface area contributed by atoms with Crippen LogP contribution in [0.1, 0.15) is 21.5 Å². The van der Waals surface area contributed by atoms with Gasteiger partial charge in [-0.15, -0.1) is 12.4 Å². The number of anilines is 2. The number of hydrogen-bond acceptors (Lipinski definition) is 7. The fourth-order valence-corrected chi connectivity index (χ4v) is 6.77. The van der Waals surface area contributed by atoms with E-state index in [0.717, 1.165) is 43.4 Å². The average molecular weight is 586 g/mol. The molecule has 11 heteroatoms. The van der Waals surface area contributed by atoms with Gasteiger partial charge in [0.15, 0.2) is 5.13 Å². The SMILES string of the molecule is Cc1cc(C)c2sc(N3CCN(CCNC(=O)c4cccc(NS(=O)(=O)c5ccccc5)c4)CC3)nc2c1.Cl. The summed E-state index contributed by atoms with van der Waals surface area (Å²) in [6.45, 7) is 9.11. The van der Waals surface area contributed by atoms with Crippen molar-refractivity contribution in [3.63, 3.8) is 0 Å². The molecule has 0 saturated carbocycles. The minimum atomic E-state index is -3.72. The van der Waals surface area contributed by atoms with Crippen LogP contribution in [0, 0.1) is 13.8 Å². The molecule has 1 aliphatic rings. The minimum absolute atomic E-state index is 0. The zero-order valence-electron chi connectivity index (χ0n) is 21.9. The summed E-state index contributed by atoms with van der Waals surface area (Å²) in [4.78, 5) is 22.5.